The highest BCUT2D eigenvalue weighted by atomic mass is 16.3. The predicted molar refractivity (Wildman–Crippen MR) is 44.7 cm³/mol. The quantitative estimate of drug-likeness (QED) is 0.647. The summed E-state index contributed by atoms with van der Waals surface area (Å²) in [5.74, 6) is 0.427. The maximum atomic E-state index is 5.63. The van der Waals surface area contributed by atoms with Gasteiger partial charge in [-0.2, -0.15) is 5.10 Å². The van der Waals surface area contributed by atoms with Crippen LogP contribution in [-0.2, 0) is 0 Å². The highest BCUT2D eigenvalue weighted by molar-refractivity contribution is 5.60. The van der Waals surface area contributed by atoms with Gasteiger partial charge in [0.15, 0.2) is 5.82 Å². The summed E-state index contributed by atoms with van der Waals surface area (Å²) >= 11 is 0. The number of aromatic nitrogens is 2. The van der Waals surface area contributed by atoms with Crippen molar-refractivity contribution in [3.8, 4) is 5.69 Å². The minimum absolute atomic E-state index is 0.427. The zero-order valence-electron chi connectivity index (χ0n) is 6.27. The number of rotatable bonds is 1. The van der Waals surface area contributed by atoms with Gasteiger partial charge in [-0.15, -0.1) is 0 Å². The van der Waals surface area contributed by atoms with Gasteiger partial charge in [0, 0.05) is 6.07 Å². The number of nitrogens with two attached hydrogens (primary N) is 2. The molecule has 0 aliphatic heterocycles. The van der Waals surface area contributed by atoms with E-state index in [2.05, 4.69) is 5.10 Å². The molecule has 0 aliphatic rings. The van der Waals surface area contributed by atoms with Crippen molar-refractivity contribution < 1.29 is 4.42 Å². The molecule has 0 atom stereocenters. The standard InChI is InChI=1S/C7H8N4O/c8-6-3-10-11(7(6)9)5-1-2-12-4-5/h1-4H,8-9H2. The molecule has 4 N–H and O–H groups in total. The molecule has 0 fully saturated rings. The van der Waals surface area contributed by atoms with Crippen LogP contribution in [0.1, 0.15) is 0 Å². The Labute approximate surface area is 68.6 Å². The summed E-state index contributed by atoms with van der Waals surface area (Å²) in [5.41, 5.74) is 12.4. The van der Waals surface area contributed by atoms with Gasteiger partial charge >= 0.3 is 0 Å². The van der Waals surface area contributed by atoms with Crippen LogP contribution in [0, 0.1) is 0 Å². The molecule has 5 nitrogen and oxygen atoms in total. The summed E-state index contributed by atoms with van der Waals surface area (Å²) < 4.78 is 6.39. The van der Waals surface area contributed by atoms with E-state index in [-0.39, 0.29) is 0 Å². The molecular weight excluding hydrogens is 156 g/mol. The summed E-state index contributed by atoms with van der Waals surface area (Å²) in [7, 11) is 0. The summed E-state index contributed by atoms with van der Waals surface area (Å²) in [5, 5.41) is 3.96. The van der Waals surface area contributed by atoms with Crippen molar-refractivity contribution in [1.82, 2.24) is 9.78 Å². The Morgan fingerprint density at radius 2 is 2.25 bits per heavy atom. The summed E-state index contributed by atoms with van der Waals surface area (Å²) in [6, 6.07) is 1.75. The molecule has 2 heterocycles. The van der Waals surface area contributed by atoms with Crippen LogP contribution < -0.4 is 11.5 Å². The van der Waals surface area contributed by atoms with E-state index in [4.69, 9.17) is 15.9 Å². The van der Waals surface area contributed by atoms with Crippen molar-refractivity contribution in [3.63, 3.8) is 0 Å². The summed E-state index contributed by atoms with van der Waals surface area (Å²) in [4.78, 5) is 0. The fourth-order valence-electron chi connectivity index (χ4n) is 0.954. The Kier molecular flexibility index (Phi) is 1.30. The van der Waals surface area contributed by atoms with Gasteiger partial charge in [-0.3, -0.25) is 0 Å². The fourth-order valence-corrected chi connectivity index (χ4v) is 0.954. The SMILES string of the molecule is Nc1cnn(-c2ccoc2)c1N. The monoisotopic (exact) mass is 164 g/mol. The molecule has 0 radical (unpaired) electrons. The zero-order chi connectivity index (χ0) is 8.55. The molecule has 0 bridgehead atoms. The Bertz CT molecular complexity index is 376. The van der Waals surface area contributed by atoms with Crippen LogP contribution in [0.2, 0.25) is 0 Å². The summed E-state index contributed by atoms with van der Waals surface area (Å²) in [6.07, 6.45) is 4.60. The Balaban J connectivity index is 2.55. The predicted octanol–water partition coefficient (Wildman–Crippen LogP) is 0.630. The van der Waals surface area contributed by atoms with Gasteiger partial charge in [-0.05, 0) is 0 Å². The first-order chi connectivity index (χ1) is 5.79. The number of nitrogens with zero attached hydrogens (tertiary/aromatic N) is 2. The maximum Gasteiger partial charge on any atom is 0.150 e. The molecule has 62 valence electrons. The first-order valence-corrected chi connectivity index (χ1v) is 3.40. The lowest BCUT2D eigenvalue weighted by molar-refractivity contribution is 0.564. The fraction of sp³-hybridized carbons (Fsp3) is 0. The molecule has 2 rings (SSSR count). The van der Waals surface area contributed by atoms with Gasteiger partial charge in [0.25, 0.3) is 0 Å². The second-order valence-electron chi connectivity index (χ2n) is 2.38. The largest absolute Gasteiger partial charge is 0.470 e. The van der Waals surface area contributed by atoms with Gasteiger partial charge in [-0.25, -0.2) is 4.68 Å². The molecule has 0 aliphatic carbocycles. The molecule has 0 aromatic carbocycles. The molecular formula is C7H8N4O. The van der Waals surface area contributed by atoms with E-state index in [1.54, 1.807) is 18.6 Å². The minimum Gasteiger partial charge on any atom is -0.470 e. The van der Waals surface area contributed by atoms with Crippen LogP contribution in [0.15, 0.2) is 29.2 Å². The molecule has 5 heteroatoms. The van der Waals surface area contributed by atoms with Crippen molar-refractivity contribution in [2.45, 2.75) is 0 Å². The van der Waals surface area contributed by atoms with Gasteiger partial charge < -0.3 is 15.9 Å². The van der Waals surface area contributed by atoms with Crippen LogP contribution in [-0.4, -0.2) is 9.78 Å². The van der Waals surface area contributed by atoms with Crippen molar-refractivity contribution in [2.75, 3.05) is 11.5 Å². The highest BCUT2D eigenvalue weighted by Gasteiger charge is 2.05. The summed E-state index contributed by atoms with van der Waals surface area (Å²) in [6.45, 7) is 0. The molecule has 0 amide bonds. The third kappa shape index (κ3) is 0.833. The third-order valence-electron chi connectivity index (χ3n) is 1.59. The molecule has 0 spiro atoms. The third-order valence-corrected chi connectivity index (χ3v) is 1.59. The van der Waals surface area contributed by atoms with Crippen LogP contribution >= 0.6 is 0 Å². The van der Waals surface area contributed by atoms with Gasteiger partial charge in [-0.1, -0.05) is 0 Å². The highest BCUT2D eigenvalue weighted by Crippen LogP contribution is 2.18. The van der Waals surface area contributed by atoms with Crippen LogP contribution in [0.5, 0.6) is 0 Å². The lowest BCUT2D eigenvalue weighted by Crippen LogP contribution is -2.01. The second-order valence-corrected chi connectivity index (χ2v) is 2.38. The van der Waals surface area contributed by atoms with E-state index >= 15 is 0 Å². The Morgan fingerprint density at radius 1 is 1.42 bits per heavy atom. The average Bonchev–Trinajstić information content (AvgIpc) is 2.64. The van der Waals surface area contributed by atoms with Crippen molar-refractivity contribution in [1.29, 1.82) is 0 Å². The number of anilines is 2. The molecule has 0 unspecified atom stereocenters. The van der Waals surface area contributed by atoms with Crippen LogP contribution in [0.25, 0.3) is 5.69 Å². The lowest BCUT2D eigenvalue weighted by atomic mass is 10.5. The lowest BCUT2D eigenvalue weighted by Gasteiger charge is -1.98. The second kappa shape index (κ2) is 2.30. The first-order valence-electron chi connectivity index (χ1n) is 3.40. The minimum atomic E-state index is 0.427. The molecule has 0 saturated heterocycles. The average molecular weight is 164 g/mol. The topological polar surface area (TPSA) is 83.0 Å². The first kappa shape index (κ1) is 6.78. The number of furan rings is 1. The molecule has 2 aromatic rings. The van der Waals surface area contributed by atoms with Gasteiger partial charge in [0.05, 0.1) is 18.1 Å². The molecule has 0 saturated carbocycles. The van der Waals surface area contributed by atoms with E-state index < -0.39 is 0 Å². The molecule has 12 heavy (non-hydrogen) atoms. The Morgan fingerprint density at radius 3 is 2.75 bits per heavy atom. The zero-order valence-corrected chi connectivity index (χ0v) is 6.27. The van der Waals surface area contributed by atoms with E-state index in [9.17, 15) is 0 Å². The molecule has 2 aromatic heterocycles. The number of hydrogen-bond donors (Lipinski definition) is 2. The van der Waals surface area contributed by atoms with Gasteiger partial charge in [0.2, 0.25) is 0 Å². The van der Waals surface area contributed by atoms with E-state index in [0.29, 0.717) is 11.5 Å². The maximum absolute atomic E-state index is 5.63. The Hall–Kier alpha value is -1.91. The van der Waals surface area contributed by atoms with E-state index in [1.807, 2.05) is 0 Å². The van der Waals surface area contributed by atoms with Crippen LogP contribution in [0.4, 0.5) is 11.5 Å². The number of nitrogen functional groups attached to an aromatic ring is 2. The smallest absolute Gasteiger partial charge is 0.150 e. The van der Waals surface area contributed by atoms with Crippen molar-refractivity contribution in [2.24, 2.45) is 0 Å². The number of hydrogen-bond acceptors (Lipinski definition) is 4. The normalized spacial score (nSPS) is 10.3. The van der Waals surface area contributed by atoms with E-state index in [0.717, 1.165) is 5.69 Å². The van der Waals surface area contributed by atoms with Crippen molar-refractivity contribution >= 4 is 11.5 Å². The van der Waals surface area contributed by atoms with Crippen molar-refractivity contribution in [3.05, 3.63) is 24.8 Å². The van der Waals surface area contributed by atoms with Crippen LogP contribution in [0.3, 0.4) is 0 Å². The van der Waals surface area contributed by atoms with E-state index in [1.165, 1.54) is 10.9 Å². The van der Waals surface area contributed by atoms with Gasteiger partial charge in [0.1, 0.15) is 12.0 Å².